The average Bonchev–Trinajstić information content (AvgIpc) is 3.69. The molecule has 196 valence electrons. The lowest BCUT2D eigenvalue weighted by Gasteiger charge is -2.24. The lowest BCUT2D eigenvalue weighted by Crippen LogP contribution is -2.31. The number of benzene rings is 1. The first-order valence-corrected chi connectivity index (χ1v) is 13.4. The highest BCUT2D eigenvalue weighted by molar-refractivity contribution is 7.09. The maximum atomic E-state index is 13.8. The topological polar surface area (TPSA) is 140 Å². The van der Waals surface area contributed by atoms with E-state index in [2.05, 4.69) is 32.3 Å². The third-order valence-electron chi connectivity index (χ3n) is 6.47. The zero-order chi connectivity index (χ0) is 26.6. The molecule has 2 unspecified atom stereocenters. The summed E-state index contributed by atoms with van der Waals surface area (Å²) in [5.74, 6) is 7.05. The van der Waals surface area contributed by atoms with Crippen molar-refractivity contribution in [2.75, 3.05) is 11.6 Å². The number of anilines is 1. The summed E-state index contributed by atoms with van der Waals surface area (Å²) in [6, 6.07) is 13.4. The molecule has 1 aromatic carbocycles. The average molecular weight is 531 g/mol. The van der Waals surface area contributed by atoms with E-state index in [9.17, 15) is 4.79 Å². The molecule has 0 radical (unpaired) electrons. The van der Waals surface area contributed by atoms with Gasteiger partial charge in [-0.15, -0.1) is 21.5 Å². The van der Waals surface area contributed by atoms with Crippen LogP contribution in [-0.4, -0.2) is 37.5 Å². The molecule has 0 spiro atoms. The third-order valence-corrected chi connectivity index (χ3v) is 7.54. The monoisotopic (exact) mass is 530 g/mol. The predicted molar refractivity (Wildman–Crippen MR) is 146 cm³/mol. The van der Waals surface area contributed by atoms with Crippen LogP contribution in [0.25, 0.3) is 11.6 Å². The molecule has 2 atom stereocenters. The van der Waals surface area contributed by atoms with Gasteiger partial charge in [-0.25, -0.2) is 15.8 Å². The van der Waals surface area contributed by atoms with Gasteiger partial charge in [0.1, 0.15) is 16.5 Å². The highest BCUT2D eigenvalue weighted by Gasteiger charge is 2.33. The Balaban J connectivity index is 1.46. The fourth-order valence-electron chi connectivity index (χ4n) is 4.60. The van der Waals surface area contributed by atoms with E-state index >= 15 is 0 Å². The first kappa shape index (κ1) is 25.6. The Kier molecular flexibility index (Phi) is 7.47. The van der Waals surface area contributed by atoms with E-state index in [0.717, 1.165) is 30.0 Å². The van der Waals surface area contributed by atoms with Crippen molar-refractivity contribution in [3.63, 3.8) is 0 Å². The maximum Gasteiger partial charge on any atom is 0.266 e. The summed E-state index contributed by atoms with van der Waals surface area (Å²) in [6.07, 6.45) is 5.29. The van der Waals surface area contributed by atoms with Crippen LogP contribution in [0.2, 0.25) is 0 Å². The number of rotatable bonds is 8. The molecule has 0 bridgehead atoms. The molecule has 1 saturated heterocycles. The van der Waals surface area contributed by atoms with Gasteiger partial charge in [0.25, 0.3) is 11.8 Å². The lowest BCUT2D eigenvalue weighted by atomic mass is 10.0. The maximum absolute atomic E-state index is 13.8. The highest BCUT2D eigenvalue weighted by atomic mass is 32.1. The fourth-order valence-corrected chi connectivity index (χ4v) is 5.54. The van der Waals surface area contributed by atoms with Gasteiger partial charge in [0.05, 0.1) is 6.04 Å². The van der Waals surface area contributed by atoms with E-state index in [1.54, 1.807) is 23.5 Å². The zero-order valence-electron chi connectivity index (χ0n) is 21.3. The number of carbonyl (C=O) groups excluding carboxylic acids is 1. The minimum absolute atomic E-state index is 0.00114. The van der Waals surface area contributed by atoms with Gasteiger partial charge in [-0.05, 0) is 43.9 Å². The Labute approximate surface area is 225 Å². The second-order valence-electron chi connectivity index (χ2n) is 9.37. The van der Waals surface area contributed by atoms with Gasteiger partial charge in [0.15, 0.2) is 0 Å². The Morgan fingerprint density at radius 2 is 2.08 bits per heavy atom. The Morgan fingerprint density at radius 3 is 2.82 bits per heavy atom. The molecule has 4 aromatic rings. The quantitative estimate of drug-likeness (QED) is 0.251. The second kappa shape index (κ2) is 11.1. The molecule has 11 heteroatoms. The molecule has 4 N–H and O–H groups in total. The van der Waals surface area contributed by atoms with Crippen molar-refractivity contribution in [1.29, 1.82) is 0 Å². The number of amides is 1. The van der Waals surface area contributed by atoms with Crippen molar-refractivity contribution in [3.05, 3.63) is 88.0 Å². The van der Waals surface area contributed by atoms with Crippen molar-refractivity contribution in [3.8, 4) is 11.6 Å². The zero-order valence-corrected chi connectivity index (χ0v) is 22.1. The largest absolute Gasteiger partial charge is 0.419 e. The number of likely N-dealkylation sites (tertiary alicyclic amines) is 1. The SMILES string of the molecule is Cc1csc(C2CCCN2C(=O)c2cc(-c3nnc(C(C)Cc4ccccc4)o3)nc(N(N)/C=C\N)c2)n1. The summed E-state index contributed by atoms with van der Waals surface area (Å²) >= 11 is 1.58. The number of hydrogen-bond acceptors (Lipinski definition) is 10. The van der Waals surface area contributed by atoms with Crippen LogP contribution in [-0.2, 0) is 6.42 Å². The van der Waals surface area contributed by atoms with E-state index in [0.29, 0.717) is 29.5 Å². The number of aromatic nitrogens is 4. The Hall–Kier alpha value is -4.09. The number of pyridine rings is 1. The number of nitrogens with zero attached hydrogens (tertiary/aromatic N) is 6. The van der Waals surface area contributed by atoms with Crippen LogP contribution in [0.15, 0.2) is 64.7 Å². The van der Waals surface area contributed by atoms with Gasteiger partial charge < -0.3 is 15.1 Å². The van der Waals surface area contributed by atoms with Crippen molar-refractivity contribution in [2.45, 2.75) is 45.1 Å². The minimum Gasteiger partial charge on any atom is -0.419 e. The van der Waals surface area contributed by atoms with E-state index in [4.69, 9.17) is 16.0 Å². The molecule has 4 heterocycles. The first-order valence-electron chi connectivity index (χ1n) is 12.5. The number of aryl methyl sites for hydroxylation is 1. The van der Waals surface area contributed by atoms with Crippen LogP contribution in [0, 0.1) is 6.92 Å². The molecule has 38 heavy (non-hydrogen) atoms. The molecule has 3 aromatic heterocycles. The fraction of sp³-hybridized carbons (Fsp3) is 0.296. The van der Waals surface area contributed by atoms with E-state index in [-0.39, 0.29) is 23.8 Å². The summed E-state index contributed by atoms with van der Waals surface area (Å²) in [6.45, 7) is 4.64. The van der Waals surface area contributed by atoms with Gasteiger partial charge in [0.2, 0.25) is 5.89 Å². The lowest BCUT2D eigenvalue weighted by molar-refractivity contribution is 0.0735. The summed E-state index contributed by atoms with van der Waals surface area (Å²) in [7, 11) is 0. The van der Waals surface area contributed by atoms with Crippen molar-refractivity contribution < 1.29 is 9.21 Å². The van der Waals surface area contributed by atoms with Crippen molar-refractivity contribution in [2.24, 2.45) is 11.6 Å². The van der Waals surface area contributed by atoms with Crippen molar-refractivity contribution in [1.82, 2.24) is 25.1 Å². The van der Waals surface area contributed by atoms with Gasteiger partial charge in [0, 0.05) is 41.5 Å². The van der Waals surface area contributed by atoms with E-state index in [1.807, 2.05) is 42.3 Å². The molecule has 1 aliphatic rings. The third kappa shape index (κ3) is 5.43. The number of thiazole rings is 1. The van der Waals surface area contributed by atoms with Gasteiger partial charge in [-0.2, -0.15) is 0 Å². The van der Waals surface area contributed by atoms with Gasteiger partial charge in [-0.1, -0.05) is 37.3 Å². The molecule has 10 nitrogen and oxygen atoms in total. The summed E-state index contributed by atoms with van der Waals surface area (Å²) in [5, 5.41) is 12.7. The number of hydrogen-bond donors (Lipinski definition) is 2. The van der Waals surface area contributed by atoms with Crippen molar-refractivity contribution >= 4 is 23.1 Å². The summed E-state index contributed by atoms with van der Waals surface area (Å²) < 4.78 is 6.03. The van der Waals surface area contributed by atoms with Crippen LogP contribution in [0.3, 0.4) is 0 Å². The molecule has 0 aliphatic carbocycles. The normalized spacial score (nSPS) is 16.3. The van der Waals surface area contributed by atoms with Crippen LogP contribution in [0.4, 0.5) is 5.82 Å². The van der Waals surface area contributed by atoms with Crippen LogP contribution in [0.5, 0.6) is 0 Å². The standard InChI is InChI=1S/C27H30N8O2S/c1-17(13-19-7-4-3-5-8-19)24-32-33-25(37-24)21-14-20(15-23(31-21)35(29)12-10-28)27(36)34-11-6-9-22(34)26-30-18(2)16-38-26/h3-5,7-8,10,12,14-17,22H,6,9,11,13,28-29H2,1-2H3/b12-10-. The second-order valence-corrected chi connectivity index (χ2v) is 10.3. The Morgan fingerprint density at radius 1 is 1.26 bits per heavy atom. The molecule has 5 rings (SSSR count). The van der Waals surface area contributed by atoms with E-state index < -0.39 is 0 Å². The molecule has 1 aliphatic heterocycles. The molecular formula is C27H30N8O2S. The van der Waals surface area contributed by atoms with Gasteiger partial charge >= 0.3 is 0 Å². The molecule has 0 saturated carbocycles. The van der Waals surface area contributed by atoms with Gasteiger partial charge in [-0.3, -0.25) is 9.80 Å². The minimum atomic E-state index is -0.132. The molecule has 1 fully saturated rings. The molecule has 1 amide bonds. The first-order chi connectivity index (χ1) is 18.4. The van der Waals surface area contributed by atoms with E-state index in [1.165, 1.54) is 23.0 Å². The number of hydrazine groups is 1. The summed E-state index contributed by atoms with van der Waals surface area (Å²) in [5.41, 5.74) is 8.46. The summed E-state index contributed by atoms with van der Waals surface area (Å²) in [4.78, 5) is 24.9. The predicted octanol–water partition coefficient (Wildman–Crippen LogP) is 4.33. The smallest absolute Gasteiger partial charge is 0.266 e. The van der Waals surface area contributed by atoms with Crippen LogP contribution >= 0.6 is 11.3 Å². The molecular weight excluding hydrogens is 500 g/mol. The van der Waals surface area contributed by atoms with Crippen LogP contribution in [0.1, 0.15) is 64.2 Å². The highest BCUT2D eigenvalue weighted by Crippen LogP contribution is 2.35. The number of nitrogens with two attached hydrogens (primary N) is 2. The number of carbonyl (C=O) groups is 1. The van der Waals surface area contributed by atoms with Crippen LogP contribution < -0.4 is 16.6 Å². The Bertz CT molecular complexity index is 1430.